The highest BCUT2D eigenvalue weighted by molar-refractivity contribution is 6.30. The van der Waals surface area contributed by atoms with Gasteiger partial charge >= 0.3 is 6.03 Å². The van der Waals surface area contributed by atoms with Crippen molar-refractivity contribution in [2.24, 2.45) is 0 Å². The van der Waals surface area contributed by atoms with E-state index < -0.39 is 0 Å². The Morgan fingerprint density at radius 2 is 2.04 bits per heavy atom. The number of urea groups is 1. The Morgan fingerprint density at radius 3 is 2.79 bits per heavy atom. The Morgan fingerprint density at radius 1 is 1.29 bits per heavy atom. The van der Waals surface area contributed by atoms with Crippen molar-refractivity contribution in [1.82, 2.24) is 20.0 Å². The molecule has 3 rings (SSSR count). The smallest absolute Gasteiger partial charge is 0.323 e. The number of carbonyl (C=O) groups excluding carboxylic acids is 1. The number of carbonyl (C=O) groups is 1. The zero-order chi connectivity index (χ0) is 17.2. The van der Waals surface area contributed by atoms with E-state index in [2.05, 4.69) is 29.6 Å². The Bertz CT molecular complexity index is 710. The molecule has 2 aromatic rings. The Labute approximate surface area is 146 Å². The van der Waals surface area contributed by atoms with Crippen molar-refractivity contribution in [1.29, 1.82) is 0 Å². The van der Waals surface area contributed by atoms with Gasteiger partial charge in [0.1, 0.15) is 0 Å². The van der Waals surface area contributed by atoms with Crippen LogP contribution in [0.15, 0.2) is 36.5 Å². The summed E-state index contributed by atoms with van der Waals surface area (Å²) in [5.74, 6) is 0.532. The van der Waals surface area contributed by atoms with Gasteiger partial charge in [0.15, 0.2) is 5.82 Å². The lowest BCUT2D eigenvalue weighted by atomic mass is 10.1. The number of halogens is 1. The third-order valence-corrected chi connectivity index (χ3v) is 4.25. The van der Waals surface area contributed by atoms with Crippen molar-refractivity contribution in [3.63, 3.8) is 0 Å². The van der Waals surface area contributed by atoms with E-state index in [1.54, 1.807) is 10.7 Å². The van der Waals surface area contributed by atoms with Gasteiger partial charge in [0, 0.05) is 35.9 Å². The third-order valence-electron chi connectivity index (χ3n) is 4.00. The number of nitrogens with one attached hydrogen (secondary N) is 2. The van der Waals surface area contributed by atoms with Crippen LogP contribution in [0.4, 0.5) is 10.6 Å². The molecule has 128 valence electrons. The number of hydrogen-bond acceptors (Lipinski definition) is 3. The van der Waals surface area contributed by atoms with E-state index in [0.717, 1.165) is 25.2 Å². The summed E-state index contributed by atoms with van der Waals surface area (Å²) in [7, 11) is 0. The minimum absolute atomic E-state index is 0.0868. The third kappa shape index (κ3) is 4.07. The summed E-state index contributed by atoms with van der Waals surface area (Å²) in [4.78, 5) is 14.4. The van der Waals surface area contributed by atoms with E-state index in [1.807, 2.05) is 35.4 Å². The number of aromatic nitrogens is 2. The number of benzene rings is 1. The SMILES string of the molecule is CC1(C)CN(C(=O)Nc2ccn(-c3ccc(Cl)cc3)n2)CCCN1. The molecule has 1 saturated heterocycles. The van der Waals surface area contributed by atoms with Gasteiger partial charge in [-0.05, 0) is 51.1 Å². The molecule has 0 saturated carbocycles. The van der Waals surface area contributed by atoms with E-state index in [0.29, 0.717) is 17.4 Å². The van der Waals surface area contributed by atoms with Crippen molar-refractivity contribution in [3.05, 3.63) is 41.6 Å². The molecular weight excluding hydrogens is 326 g/mol. The second-order valence-corrected chi connectivity index (χ2v) is 7.07. The van der Waals surface area contributed by atoms with Gasteiger partial charge in [0.2, 0.25) is 0 Å². The zero-order valence-corrected chi connectivity index (χ0v) is 14.7. The van der Waals surface area contributed by atoms with Gasteiger partial charge in [-0.15, -0.1) is 5.10 Å². The summed E-state index contributed by atoms with van der Waals surface area (Å²) in [6.07, 6.45) is 2.75. The van der Waals surface area contributed by atoms with E-state index >= 15 is 0 Å². The normalized spacial score (nSPS) is 17.4. The van der Waals surface area contributed by atoms with Crippen molar-refractivity contribution in [2.45, 2.75) is 25.8 Å². The molecule has 1 aromatic carbocycles. The molecule has 6 nitrogen and oxygen atoms in total. The van der Waals surface area contributed by atoms with Crippen LogP contribution < -0.4 is 10.6 Å². The molecule has 2 N–H and O–H groups in total. The molecule has 1 aliphatic rings. The van der Waals surface area contributed by atoms with Crippen LogP contribution in [0.1, 0.15) is 20.3 Å². The van der Waals surface area contributed by atoms with Crippen LogP contribution in [0.25, 0.3) is 5.69 Å². The average Bonchev–Trinajstić information content (AvgIpc) is 2.91. The predicted octanol–water partition coefficient (Wildman–Crippen LogP) is 3.13. The molecule has 0 bridgehead atoms. The molecule has 0 radical (unpaired) electrons. The molecule has 24 heavy (non-hydrogen) atoms. The second kappa shape index (κ2) is 6.83. The Kier molecular flexibility index (Phi) is 4.78. The van der Waals surface area contributed by atoms with Crippen LogP contribution in [0.2, 0.25) is 5.02 Å². The Hall–Kier alpha value is -2.05. The fourth-order valence-corrected chi connectivity index (χ4v) is 2.92. The van der Waals surface area contributed by atoms with Crippen molar-refractivity contribution in [3.8, 4) is 5.69 Å². The van der Waals surface area contributed by atoms with Crippen LogP contribution in [-0.2, 0) is 0 Å². The first-order valence-electron chi connectivity index (χ1n) is 8.06. The summed E-state index contributed by atoms with van der Waals surface area (Å²) in [6, 6.07) is 9.04. The van der Waals surface area contributed by atoms with Crippen molar-refractivity contribution < 1.29 is 4.79 Å². The Balaban J connectivity index is 1.67. The largest absolute Gasteiger partial charge is 0.323 e. The average molecular weight is 348 g/mol. The summed E-state index contributed by atoms with van der Waals surface area (Å²) in [6.45, 7) is 6.53. The quantitative estimate of drug-likeness (QED) is 0.877. The fraction of sp³-hybridized carbons (Fsp3) is 0.412. The van der Waals surface area contributed by atoms with Crippen LogP contribution in [0, 0.1) is 0 Å². The highest BCUT2D eigenvalue weighted by Gasteiger charge is 2.27. The first kappa shape index (κ1) is 16.8. The number of nitrogens with zero attached hydrogens (tertiary/aromatic N) is 3. The molecular formula is C17H22ClN5O. The molecule has 1 fully saturated rings. The molecule has 2 heterocycles. The standard InChI is InChI=1S/C17H22ClN5O/c1-17(2)12-22(10-3-9-19-17)16(24)20-15-8-11-23(21-15)14-6-4-13(18)5-7-14/h4-8,11,19H,3,9-10,12H2,1-2H3,(H,20,21,24). The second-order valence-electron chi connectivity index (χ2n) is 6.64. The maximum atomic E-state index is 12.5. The lowest BCUT2D eigenvalue weighted by Gasteiger charge is -2.29. The summed E-state index contributed by atoms with van der Waals surface area (Å²) < 4.78 is 1.71. The summed E-state index contributed by atoms with van der Waals surface area (Å²) in [5, 5.41) is 11.4. The zero-order valence-electron chi connectivity index (χ0n) is 13.9. The number of hydrogen-bond donors (Lipinski definition) is 2. The maximum Gasteiger partial charge on any atom is 0.323 e. The van der Waals surface area contributed by atoms with Gasteiger partial charge in [0.05, 0.1) is 5.69 Å². The fourth-order valence-electron chi connectivity index (χ4n) is 2.80. The topological polar surface area (TPSA) is 62.2 Å². The van der Waals surface area contributed by atoms with Gasteiger partial charge in [-0.2, -0.15) is 0 Å². The number of anilines is 1. The minimum atomic E-state index is -0.117. The lowest BCUT2D eigenvalue weighted by Crippen LogP contribution is -2.49. The van der Waals surface area contributed by atoms with Crippen molar-refractivity contribution >= 4 is 23.4 Å². The van der Waals surface area contributed by atoms with Gasteiger partial charge in [-0.25, -0.2) is 9.48 Å². The number of amides is 2. The van der Waals surface area contributed by atoms with Gasteiger partial charge in [0.25, 0.3) is 0 Å². The van der Waals surface area contributed by atoms with E-state index in [-0.39, 0.29) is 11.6 Å². The monoisotopic (exact) mass is 347 g/mol. The van der Waals surface area contributed by atoms with Crippen LogP contribution in [0.5, 0.6) is 0 Å². The van der Waals surface area contributed by atoms with E-state index in [9.17, 15) is 4.79 Å². The highest BCUT2D eigenvalue weighted by atomic mass is 35.5. The minimum Gasteiger partial charge on any atom is -0.323 e. The van der Waals surface area contributed by atoms with Gasteiger partial charge < -0.3 is 10.2 Å². The molecule has 2 amide bonds. The van der Waals surface area contributed by atoms with E-state index in [1.165, 1.54) is 0 Å². The predicted molar refractivity (Wildman–Crippen MR) is 95.9 cm³/mol. The summed E-state index contributed by atoms with van der Waals surface area (Å²) in [5.41, 5.74) is 0.802. The first-order valence-corrected chi connectivity index (χ1v) is 8.43. The molecule has 0 atom stereocenters. The van der Waals surface area contributed by atoms with Gasteiger partial charge in [-0.3, -0.25) is 5.32 Å². The maximum absolute atomic E-state index is 12.5. The molecule has 0 spiro atoms. The molecule has 7 heteroatoms. The van der Waals surface area contributed by atoms with Gasteiger partial charge in [-0.1, -0.05) is 11.6 Å². The highest BCUT2D eigenvalue weighted by Crippen LogP contribution is 2.16. The molecule has 0 aliphatic carbocycles. The number of rotatable bonds is 2. The van der Waals surface area contributed by atoms with Crippen LogP contribution >= 0.6 is 11.6 Å². The molecule has 1 aliphatic heterocycles. The van der Waals surface area contributed by atoms with Crippen molar-refractivity contribution in [2.75, 3.05) is 25.0 Å². The van der Waals surface area contributed by atoms with Crippen LogP contribution in [-0.4, -0.2) is 45.9 Å². The first-order chi connectivity index (χ1) is 11.4. The summed E-state index contributed by atoms with van der Waals surface area (Å²) >= 11 is 5.90. The van der Waals surface area contributed by atoms with E-state index in [4.69, 9.17) is 11.6 Å². The lowest BCUT2D eigenvalue weighted by molar-refractivity contribution is 0.201. The molecule has 1 aromatic heterocycles. The van der Waals surface area contributed by atoms with Crippen LogP contribution in [0.3, 0.4) is 0 Å². The molecule has 0 unspecified atom stereocenters.